The van der Waals surface area contributed by atoms with Crippen molar-refractivity contribution >= 4 is 22.7 Å². The summed E-state index contributed by atoms with van der Waals surface area (Å²) in [4.78, 5) is 0. The predicted molar refractivity (Wildman–Crippen MR) is 109 cm³/mol. The molecule has 0 saturated carbocycles. The molecule has 6 nitrogen and oxygen atoms in total. The molecule has 3 aromatic rings. The normalized spacial score (nSPS) is 11.9. The molecule has 3 rings (SSSR count). The molecule has 0 radical (unpaired) electrons. The zero-order chi connectivity index (χ0) is 20.3. The van der Waals surface area contributed by atoms with Gasteiger partial charge in [0.05, 0.1) is 19.3 Å². The average molecular weight is 403 g/mol. The Morgan fingerprint density at radius 3 is 2.57 bits per heavy atom. The summed E-state index contributed by atoms with van der Waals surface area (Å²) in [5, 5.41) is 8.44. The first-order valence-corrected chi connectivity index (χ1v) is 9.34. The van der Waals surface area contributed by atoms with E-state index >= 15 is 0 Å². The molecule has 0 aliphatic heterocycles. The standard InChI is InChI=1S/C21H23ClN2O4/c1-12(2)11-26-19-10-15(6-7-18(19)25-5)9-17(22)21-24-23-20(28-21)16-8-13(3)27-14(16)4/h6-10,12H,11H2,1-5H3/b17-9-. The Morgan fingerprint density at radius 1 is 1.14 bits per heavy atom. The van der Waals surface area contributed by atoms with Gasteiger partial charge < -0.3 is 18.3 Å². The van der Waals surface area contributed by atoms with Gasteiger partial charge in [0.15, 0.2) is 11.5 Å². The SMILES string of the molecule is COc1ccc(/C=C(\Cl)c2nnc(-c3cc(C)oc3C)o2)cc1OCC(C)C. The number of rotatable bonds is 7. The van der Waals surface area contributed by atoms with Crippen molar-refractivity contribution in [3.63, 3.8) is 0 Å². The topological polar surface area (TPSA) is 70.5 Å². The zero-order valence-electron chi connectivity index (χ0n) is 16.6. The lowest BCUT2D eigenvalue weighted by atomic mass is 10.2. The molecule has 0 aliphatic carbocycles. The lowest BCUT2D eigenvalue weighted by molar-refractivity contribution is 0.257. The molecule has 148 valence electrons. The van der Waals surface area contributed by atoms with Crippen LogP contribution in [0.3, 0.4) is 0 Å². The summed E-state index contributed by atoms with van der Waals surface area (Å²) in [6, 6.07) is 7.43. The second-order valence-corrected chi connectivity index (χ2v) is 7.25. The minimum absolute atomic E-state index is 0.232. The highest BCUT2D eigenvalue weighted by Gasteiger charge is 2.16. The van der Waals surface area contributed by atoms with E-state index in [2.05, 4.69) is 24.0 Å². The largest absolute Gasteiger partial charge is 0.493 e. The Hall–Kier alpha value is -2.73. The van der Waals surface area contributed by atoms with Gasteiger partial charge in [-0.05, 0) is 49.6 Å². The van der Waals surface area contributed by atoms with Crippen LogP contribution in [-0.4, -0.2) is 23.9 Å². The Balaban J connectivity index is 1.85. The smallest absolute Gasteiger partial charge is 0.259 e. The highest BCUT2D eigenvalue weighted by atomic mass is 35.5. The molecule has 0 bridgehead atoms. The number of methoxy groups -OCH3 is 1. The van der Waals surface area contributed by atoms with Gasteiger partial charge in [0, 0.05) is 0 Å². The van der Waals surface area contributed by atoms with Gasteiger partial charge in [-0.3, -0.25) is 0 Å². The Bertz CT molecular complexity index is 988. The molecular weight excluding hydrogens is 380 g/mol. The average Bonchev–Trinajstić information content (AvgIpc) is 3.26. The van der Waals surface area contributed by atoms with Crippen LogP contribution in [0.2, 0.25) is 0 Å². The van der Waals surface area contributed by atoms with Gasteiger partial charge in [0.2, 0.25) is 0 Å². The van der Waals surface area contributed by atoms with Crippen molar-refractivity contribution in [3.8, 4) is 23.0 Å². The van der Waals surface area contributed by atoms with Crippen LogP contribution in [-0.2, 0) is 0 Å². The summed E-state index contributed by atoms with van der Waals surface area (Å²) >= 11 is 6.41. The molecule has 0 unspecified atom stereocenters. The number of hydrogen-bond donors (Lipinski definition) is 0. The summed E-state index contributed by atoms with van der Waals surface area (Å²) in [5.74, 6) is 3.82. The van der Waals surface area contributed by atoms with E-state index in [9.17, 15) is 0 Å². The zero-order valence-corrected chi connectivity index (χ0v) is 17.3. The van der Waals surface area contributed by atoms with Gasteiger partial charge in [-0.25, -0.2) is 0 Å². The molecule has 0 spiro atoms. The van der Waals surface area contributed by atoms with E-state index in [0.717, 1.165) is 22.6 Å². The van der Waals surface area contributed by atoms with Gasteiger partial charge in [-0.2, -0.15) is 0 Å². The summed E-state index contributed by atoms with van der Waals surface area (Å²) in [7, 11) is 1.61. The summed E-state index contributed by atoms with van der Waals surface area (Å²) in [5.41, 5.74) is 1.59. The third kappa shape index (κ3) is 4.57. The molecule has 0 amide bonds. The van der Waals surface area contributed by atoms with Crippen molar-refractivity contribution in [3.05, 3.63) is 47.2 Å². The first kappa shape index (κ1) is 20.0. The first-order valence-electron chi connectivity index (χ1n) is 8.96. The second kappa shape index (κ2) is 8.52. The quantitative estimate of drug-likeness (QED) is 0.502. The van der Waals surface area contributed by atoms with E-state index in [-0.39, 0.29) is 5.89 Å². The molecule has 2 aromatic heterocycles. The number of benzene rings is 1. The van der Waals surface area contributed by atoms with Crippen LogP contribution in [0.1, 0.15) is 36.8 Å². The molecule has 2 heterocycles. The first-order chi connectivity index (χ1) is 13.4. The maximum atomic E-state index is 6.41. The molecule has 28 heavy (non-hydrogen) atoms. The Labute approximate surface area is 169 Å². The number of aromatic nitrogens is 2. The molecule has 1 aromatic carbocycles. The lowest BCUT2D eigenvalue weighted by Crippen LogP contribution is -2.05. The Morgan fingerprint density at radius 2 is 1.93 bits per heavy atom. The minimum atomic E-state index is 0.232. The summed E-state index contributed by atoms with van der Waals surface area (Å²) in [6.45, 7) is 8.48. The minimum Gasteiger partial charge on any atom is -0.493 e. The van der Waals surface area contributed by atoms with Crippen LogP contribution in [0.25, 0.3) is 22.6 Å². The van der Waals surface area contributed by atoms with Crippen LogP contribution >= 0.6 is 11.6 Å². The molecule has 0 saturated heterocycles. The van der Waals surface area contributed by atoms with Crippen molar-refractivity contribution in [1.29, 1.82) is 0 Å². The molecule has 0 aliphatic rings. The van der Waals surface area contributed by atoms with Gasteiger partial charge in [-0.15, -0.1) is 10.2 Å². The maximum absolute atomic E-state index is 6.41. The number of aryl methyl sites for hydroxylation is 2. The van der Waals surface area contributed by atoms with E-state index in [1.165, 1.54) is 0 Å². The van der Waals surface area contributed by atoms with E-state index in [1.807, 2.05) is 38.1 Å². The van der Waals surface area contributed by atoms with Crippen LogP contribution in [0.5, 0.6) is 11.5 Å². The maximum Gasteiger partial charge on any atom is 0.259 e. The van der Waals surface area contributed by atoms with Gasteiger partial charge >= 0.3 is 0 Å². The fourth-order valence-corrected chi connectivity index (χ4v) is 2.83. The van der Waals surface area contributed by atoms with Gasteiger partial charge in [-0.1, -0.05) is 31.5 Å². The highest BCUT2D eigenvalue weighted by Crippen LogP contribution is 2.32. The monoisotopic (exact) mass is 402 g/mol. The van der Waals surface area contributed by atoms with Crippen LogP contribution in [0.15, 0.2) is 33.1 Å². The van der Waals surface area contributed by atoms with Crippen molar-refractivity contribution in [1.82, 2.24) is 10.2 Å². The second-order valence-electron chi connectivity index (χ2n) is 6.85. The van der Waals surface area contributed by atoms with Crippen molar-refractivity contribution in [2.24, 2.45) is 5.92 Å². The van der Waals surface area contributed by atoms with Crippen LogP contribution < -0.4 is 9.47 Å². The van der Waals surface area contributed by atoms with Crippen LogP contribution in [0.4, 0.5) is 0 Å². The Kier molecular flexibility index (Phi) is 6.09. The molecule has 7 heteroatoms. The van der Waals surface area contributed by atoms with Crippen molar-refractivity contribution in [2.75, 3.05) is 13.7 Å². The third-order valence-electron chi connectivity index (χ3n) is 3.95. The van der Waals surface area contributed by atoms with Crippen LogP contribution in [0, 0.1) is 19.8 Å². The molecular formula is C21H23ClN2O4. The van der Waals surface area contributed by atoms with E-state index < -0.39 is 0 Å². The number of ether oxygens (including phenoxy) is 2. The van der Waals surface area contributed by atoms with Crippen molar-refractivity contribution < 1.29 is 18.3 Å². The van der Waals surface area contributed by atoms with E-state index in [1.54, 1.807) is 13.2 Å². The van der Waals surface area contributed by atoms with E-state index in [0.29, 0.717) is 34.9 Å². The number of halogens is 1. The summed E-state index contributed by atoms with van der Waals surface area (Å²) in [6.07, 6.45) is 1.74. The molecule has 0 N–H and O–H groups in total. The fraction of sp³-hybridized carbons (Fsp3) is 0.333. The number of nitrogens with zero attached hydrogens (tertiary/aromatic N) is 2. The van der Waals surface area contributed by atoms with E-state index in [4.69, 9.17) is 29.9 Å². The van der Waals surface area contributed by atoms with Gasteiger partial charge in [0.1, 0.15) is 16.6 Å². The van der Waals surface area contributed by atoms with Crippen molar-refractivity contribution in [2.45, 2.75) is 27.7 Å². The third-order valence-corrected chi connectivity index (χ3v) is 4.22. The molecule has 0 atom stereocenters. The number of hydrogen-bond acceptors (Lipinski definition) is 6. The fourth-order valence-electron chi connectivity index (χ4n) is 2.63. The molecule has 0 fully saturated rings. The number of furan rings is 1. The predicted octanol–water partition coefficient (Wildman–Crippen LogP) is 5.73. The van der Waals surface area contributed by atoms with Gasteiger partial charge in [0.25, 0.3) is 11.8 Å². The summed E-state index contributed by atoms with van der Waals surface area (Å²) < 4.78 is 22.4. The highest BCUT2D eigenvalue weighted by molar-refractivity contribution is 6.50. The lowest BCUT2D eigenvalue weighted by Gasteiger charge is -2.13.